The van der Waals surface area contributed by atoms with E-state index in [1.807, 2.05) is 6.07 Å². The van der Waals surface area contributed by atoms with Crippen LogP contribution in [-0.2, 0) is 11.2 Å². The summed E-state index contributed by atoms with van der Waals surface area (Å²) in [4.78, 5) is 0. The van der Waals surface area contributed by atoms with Gasteiger partial charge in [0.05, 0.1) is 13.7 Å². The van der Waals surface area contributed by atoms with E-state index in [1.165, 1.54) is 6.07 Å². The lowest BCUT2D eigenvalue weighted by Gasteiger charge is -2.00. The number of benzene rings is 1. The van der Waals surface area contributed by atoms with Crippen molar-refractivity contribution in [2.24, 2.45) is 0 Å². The number of ether oxygens (including phenoxy) is 1. The predicted octanol–water partition coefficient (Wildman–Crippen LogP) is 2.18. The molecule has 11 heavy (non-hydrogen) atoms. The van der Waals surface area contributed by atoms with Crippen molar-refractivity contribution in [3.8, 4) is 0 Å². The van der Waals surface area contributed by atoms with Crippen molar-refractivity contribution in [3.63, 3.8) is 0 Å². The van der Waals surface area contributed by atoms with Gasteiger partial charge in [-0.2, -0.15) is 0 Å². The zero-order valence-electron chi connectivity index (χ0n) is 6.22. The molecule has 0 saturated heterocycles. The van der Waals surface area contributed by atoms with Gasteiger partial charge in [0.1, 0.15) is 5.82 Å². The molecule has 1 aromatic rings. The van der Waals surface area contributed by atoms with Gasteiger partial charge in [-0.05, 0) is 18.1 Å². The molecule has 59 valence electrons. The standard InChI is InChI=1S/C9H10FO/c1-11-7-6-8-4-2-3-5-9(8)10/h2-5H,1,6-7H2. The van der Waals surface area contributed by atoms with Crippen molar-refractivity contribution in [1.29, 1.82) is 0 Å². The maximum Gasteiger partial charge on any atom is 0.126 e. The van der Waals surface area contributed by atoms with Crippen LogP contribution in [0, 0.1) is 12.9 Å². The Hall–Kier alpha value is -0.890. The molecule has 0 aliphatic carbocycles. The van der Waals surface area contributed by atoms with Gasteiger partial charge in [0.25, 0.3) is 0 Å². The summed E-state index contributed by atoms with van der Waals surface area (Å²) in [6.07, 6.45) is 0.580. The molecule has 1 nitrogen and oxygen atoms in total. The summed E-state index contributed by atoms with van der Waals surface area (Å²) in [7, 11) is 3.21. The summed E-state index contributed by atoms with van der Waals surface area (Å²) >= 11 is 0. The van der Waals surface area contributed by atoms with Gasteiger partial charge in [-0.1, -0.05) is 18.2 Å². The predicted molar refractivity (Wildman–Crippen MR) is 41.4 cm³/mol. The lowest BCUT2D eigenvalue weighted by Crippen LogP contribution is -1.95. The summed E-state index contributed by atoms with van der Waals surface area (Å²) < 4.78 is 17.4. The Morgan fingerprint density at radius 1 is 1.36 bits per heavy atom. The molecule has 0 spiro atoms. The number of hydrogen-bond acceptors (Lipinski definition) is 1. The van der Waals surface area contributed by atoms with Crippen molar-refractivity contribution in [2.75, 3.05) is 6.61 Å². The van der Waals surface area contributed by atoms with E-state index in [0.29, 0.717) is 18.6 Å². The first-order valence-electron chi connectivity index (χ1n) is 3.45. The van der Waals surface area contributed by atoms with Crippen LogP contribution in [0.4, 0.5) is 4.39 Å². The molecular formula is C9H10FO. The highest BCUT2D eigenvalue weighted by molar-refractivity contribution is 5.17. The van der Waals surface area contributed by atoms with Crippen LogP contribution in [0.15, 0.2) is 24.3 Å². The molecule has 1 rings (SSSR count). The molecule has 0 aromatic heterocycles. The fourth-order valence-electron chi connectivity index (χ4n) is 0.883. The van der Waals surface area contributed by atoms with Crippen molar-refractivity contribution in [1.82, 2.24) is 0 Å². The fraction of sp³-hybridized carbons (Fsp3) is 0.222. The quantitative estimate of drug-likeness (QED) is 0.646. The summed E-state index contributed by atoms with van der Waals surface area (Å²) in [5.74, 6) is -0.176. The summed E-state index contributed by atoms with van der Waals surface area (Å²) in [6.45, 7) is 0.459. The average molecular weight is 153 g/mol. The molecule has 0 amide bonds. The van der Waals surface area contributed by atoms with Crippen LogP contribution in [0.3, 0.4) is 0 Å². The third-order valence-corrected chi connectivity index (χ3v) is 1.47. The summed E-state index contributed by atoms with van der Waals surface area (Å²) in [5, 5.41) is 0. The van der Waals surface area contributed by atoms with Crippen molar-refractivity contribution in [3.05, 3.63) is 42.8 Å². The Bertz CT molecular complexity index is 223. The maximum atomic E-state index is 12.8. The van der Waals surface area contributed by atoms with Crippen LogP contribution in [0.2, 0.25) is 0 Å². The van der Waals surface area contributed by atoms with E-state index >= 15 is 0 Å². The van der Waals surface area contributed by atoms with Crippen LogP contribution in [0.5, 0.6) is 0 Å². The van der Waals surface area contributed by atoms with Crippen molar-refractivity contribution in [2.45, 2.75) is 6.42 Å². The minimum absolute atomic E-state index is 0.176. The van der Waals surface area contributed by atoms with Crippen LogP contribution in [-0.4, -0.2) is 6.61 Å². The van der Waals surface area contributed by atoms with E-state index in [4.69, 9.17) is 0 Å². The highest BCUT2D eigenvalue weighted by Gasteiger charge is 1.98. The van der Waals surface area contributed by atoms with Gasteiger partial charge >= 0.3 is 0 Å². The molecule has 1 radical (unpaired) electrons. The molecule has 0 aliphatic heterocycles. The molecule has 0 unspecified atom stereocenters. The van der Waals surface area contributed by atoms with Gasteiger partial charge in [-0.15, -0.1) is 0 Å². The normalized spacial score (nSPS) is 10.0. The first-order chi connectivity index (χ1) is 5.34. The van der Waals surface area contributed by atoms with E-state index in [2.05, 4.69) is 11.8 Å². The highest BCUT2D eigenvalue weighted by atomic mass is 19.1. The Kier molecular flexibility index (Phi) is 3.05. The van der Waals surface area contributed by atoms with Crippen LogP contribution >= 0.6 is 0 Å². The largest absolute Gasteiger partial charge is 0.379 e. The van der Waals surface area contributed by atoms with E-state index in [9.17, 15) is 4.39 Å². The minimum Gasteiger partial charge on any atom is -0.379 e. The van der Waals surface area contributed by atoms with Gasteiger partial charge in [0.2, 0.25) is 0 Å². The van der Waals surface area contributed by atoms with E-state index in [0.717, 1.165) is 0 Å². The third kappa shape index (κ3) is 2.31. The summed E-state index contributed by atoms with van der Waals surface area (Å²) in [6, 6.07) is 6.66. The zero-order valence-corrected chi connectivity index (χ0v) is 6.22. The van der Waals surface area contributed by atoms with Crippen molar-refractivity contribution < 1.29 is 9.13 Å². The maximum absolute atomic E-state index is 12.8. The molecule has 0 saturated carbocycles. The Labute approximate surface area is 65.8 Å². The minimum atomic E-state index is -0.176. The van der Waals surface area contributed by atoms with Crippen LogP contribution in [0.1, 0.15) is 5.56 Å². The topological polar surface area (TPSA) is 9.23 Å². The molecule has 0 aliphatic rings. The first-order valence-corrected chi connectivity index (χ1v) is 3.45. The molecule has 2 heteroatoms. The van der Waals surface area contributed by atoms with Gasteiger partial charge in [0, 0.05) is 0 Å². The van der Waals surface area contributed by atoms with E-state index in [-0.39, 0.29) is 5.82 Å². The van der Waals surface area contributed by atoms with Crippen LogP contribution in [0.25, 0.3) is 0 Å². The Morgan fingerprint density at radius 2 is 2.09 bits per heavy atom. The molecule has 0 atom stereocenters. The number of halogens is 1. The van der Waals surface area contributed by atoms with E-state index < -0.39 is 0 Å². The lowest BCUT2D eigenvalue weighted by molar-refractivity contribution is 0.245. The van der Waals surface area contributed by atoms with E-state index in [1.54, 1.807) is 12.1 Å². The molecule has 0 bridgehead atoms. The smallest absolute Gasteiger partial charge is 0.126 e. The molecular weight excluding hydrogens is 143 g/mol. The first kappa shape index (κ1) is 8.21. The zero-order chi connectivity index (χ0) is 8.10. The average Bonchev–Trinajstić information content (AvgIpc) is 2.03. The Balaban J connectivity index is 2.62. The second kappa shape index (κ2) is 4.09. The fourth-order valence-corrected chi connectivity index (χ4v) is 0.883. The van der Waals surface area contributed by atoms with Gasteiger partial charge in [-0.25, -0.2) is 4.39 Å². The van der Waals surface area contributed by atoms with Crippen LogP contribution < -0.4 is 0 Å². The Morgan fingerprint density at radius 3 is 2.73 bits per heavy atom. The number of rotatable bonds is 3. The van der Waals surface area contributed by atoms with Gasteiger partial charge < -0.3 is 4.74 Å². The van der Waals surface area contributed by atoms with Gasteiger partial charge in [0.15, 0.2) is 0 Å². The monoisotopic (exact) mass is 153 g/mol. The summed E-state index contributed by atoms with van der Waals surface area (Å²) in [5.41, 5.74) is 0.677. The van der Waals surface area contributed by atoms with Crippen molar-refractivity contribution >= 4 is 0 Å². The third-order valence-electron chi connectivity index (χ3n) is 1.47. The highest BCUT2D eigenvalue weighted by Crippen LogP contribution is 2.06. The molecule has 0 N–H and O–H groups in total. The SMILES string of the molecule is [CH2]OCCc1ccccc1F. The molecule has 0 heterocycles. The second-order valence-corrected chi connectivity index (χ2v) is 2.25. The van der Waals surface area contributed by atoms with Gasteiger partial charge in [-0.3, -0.25) is 0 Å². The lowest BCUT2D eigenvalue weighted by atomic mass is 10.1. The second-order valence-electron chi connectivity index (χ2n) is 2.25. The molecule has 1 aromatic carbocycles. The number of hydrogen-bond donors (Lipinski definition) is 0. The molecule has 0 fully saturated rings.